The summed E-state index contributed by atoms with van der Waals surface area (Å²) in [4.78, 5) is 3.04. The largest absolute Gasteiger partial charge is 0.495 e. The van der Waals surface area contributed by atoms with Crippen LogP contribution in [0.25, 0.3) is 5.69 Å². The van der Waals surface area contributed by atoms with E-state index in [0.717, 1.165) is 17.8 Å². The second kappa shape index (κ2) is 4.94. The molecule has 0 radical (unpaired) electrons. The van der Waals surface area contributed by atoms with Gasteiger partial charge in [0.25, 0.3) is 0 Å². The molecule has 0 aliphatic carbocycles. The number of halogens is 1. The molecule has 0 spiro atoms. The van der Waals surface area contributed by atoms with E-state index in [2.05, 4.69) is 11.9 Å². The summed E-state index contributed by atoms with van der Waals surface area (Å²) in [5.41, 5.74) is 2.06. The first-order chi connectivity index (χ1) is 8.17. The zero-order valence-corrected chi connectivity index (χ0v) is 11.2. The van der Waals surface area contributed by atoms with Gasteiger partial charge in [-0.15, -0.1) is 0 Å². The molecule has 0 aliphatic heterocycles. The van der Waals surface area contributed by atoms with Gasteiger partial charge < -0.3 is 9.72 Å². The summed E-state index contributed by atoms with van der Waals surface area (Å²) in [5, 5.41) is 0.579. The van der Waals surface area contributed by atoms with Crippen LogP contribution >= 0.6 is 23.8 Å². The molecule has 0 saturated heterocycles. The quantitative estimate of drug-likeness (QED) is 0.859. The number of nitrogens with zero attached hydrogens (tertiary/aromatic N) is 1. The van der Waals surface area contributed by atoms with E-state index in [-0.39, 0.29) is 0 Å². The Morgan fingerprint density at radius 3 is 2.82 bits per heavy atom. The van der Waals surface area contributed by atoms with Crippen LogP contribution in [0.5, 0.6) is 5.75 Å². The Morgan fingerprint density at radius 2 is 2.24 bits per heavy atom. The third-order valence-corrected chi connectivity index (χ3v) is 3.20. The van der Waals surface area contributed by atoms with Gasteiger partial charge in [0.2, 0.25) is 0 Å². The number of H-pyrrole nitrogens is 1. The van der Waals surface area contributed by atoms with Crippen molar-refractivity contribution in [3.05, 3.63) is 39.9 Å². The number of aromatic amines is 1. The topological polar surface area (TPSA) is 29.9 Å². The lowest BCUT2D eigenvalue weighted by molar-refractivity contribution is 0.415. The molecule has 0 aliphatic rings. The molecule has 0 bridgehead atoms. The minimum Gasteiger partial charge on any atom is -0.495 e. The van der Waals surface area contributed by atoms with Crippen molar-refractivity contribution >= 4 is 23.8 Å². The Morgan fingerprint density at radius 1 is 1.47 bits per heavy atom. The maximum absolute atomic E-state index is 6.11. The number of hydrogen-bond donors (Lipinski definition) is 1. The molecule has 0 atom stereocenters. The molecule has 5 heteroatoms. The molecule has 1 N–H and O–H groups in total. The Hall–Kier alpha value is -1.26. The molecule has 0 amide bonds. The Labute approximate surface area is 110 Å². The van der Waals surface area contributed by atoms with E-state index >= 15 is 0 Å². The van der Waals surface area contributed by atoms with Crippen molar-refractivity contribution < 1.29 is 4.74 Å². The molecule has 0 fully saturated rings. The fourth-order valence-corrected chi connectivity index (χ4v) is 2.28. The second-order valence-electron chi connectivity index (χ2n) is 3.59. The monoisotopic (exact) mass is 268 g/mol. The van der Waals surface area contributed by atoms with Crippen LogP contribution < -0.4 is 4.74 Å². The highest BCUT2D eigenvalue weighted by molar-refractivity contribution is 7.71. The fourth-order valence-electron chi connectivity index (χ4n) is 1.74. The van der Waals surface area contributed by atoms with Gasteiger partial charge in [-0.25, -0.2) is 0 Å². The van der Waals surface area contributed by atoms with E-state index in [1.165, 1.54) is 0 Å². The highest BCUT2D eigenvalue weighted by atomic mass is 35.5. The van der Waals surface area contributed by atoms with Crippen LogP contribution in [0, 0.1) is 4.77 Å². The molecule has 1 aromatic heterocycles. The summed E-state index contributed by atoms with van der Waals surface area (Å²) >= 11 is 11.4. The summed E-state index contributed by atoms with van der Waals surface area (Å²) < 4.78 is 7.77. The van der Waals surface area contributed by atoms with Crippen molar-refractivity contribution in [2.75, 3.05) is 7.11 Å². The maximum Gasteiger partial charge on any atom is 0.182 e. The van der Waals surface area contributed by atoms with E-state index in [1.807, 2.05) is 29.0 Å². The van der Waals surface area contributed by atoms with Gasteiger partial charge in [-0.2, -0.15) is 0 Å². The van der Waals surface area contributed by atoms with E-state index in [9.17, 15) is 0 Å². The molecular weight excluding hydrogens is 256 g/mol. The number of hydrogen-bond acceptors (Lipinski definition) is 2. The zero-order valence-electron chi connectivity index (χ0n) is 9.66. The molecule has 0 saturated carbocycles. The number of rotatable bonds is 3. The average Bonchev–Trinajstić information content (AvgIpc) is 2.70. The lowest BCUT2D eigenvalue weighted by Gasteiger charge is -2.09. The zero-order chi connectivity index (χ0) is 12.4. The smallest absolute Gasteiger partial charge is 0.182 e. The molecule has 1 aromatic carbocycles. The first-order valence-corrected chi connectivity index (χ1v) is 6.09. The van der Waals surface area contributed by atoms with Crippen LogP contribution in [-0.4, -0.2) is 16.7 Å². The first-order valence-electron chi connectivity index (χ1n) is 5.30. The minimum absolute atomic E-state index is 0.579. The van der Waals surface area contributed by atoms with Crippen LogP contribution in [0.2, 0.25) is 5.02 Å². The lowest BCUT2D eigenvalue weighted by Crippen LogP contribution is -1.99. The summed E-state index contributed by atoms with van der Waals surface area (Å²) in [6, 6.07) is 5.63. The number of methoxy groups -OCH3 is 1. The Balaban J connectivity index is 2.57. The number of ether oxygens (including phenoxy) is 1. The van der Waals surface area contributed by atoms with Gasteiger partial charge in [-0.3, -0.25) is 4.57 Å². The molecule has 90 valence electrons. The first kappa shape index (κ1) is 12.2. The van der Waals surface area contributed by atoms with E-state index in [4.69, 9.17) is 28.6 Å². The van der Waals surface area contributed by atoms with E-state index in [0.29, 0.717) is 15.5 Å². The second-order valence-corrected chi connectivity index (χ2v) is 4.39. The van der Waals surface area contributed by atoms with Gasteiger partial charge in [0.05, 0.1) is 12.1 Å². The van der Waals surface area contributed by atoms with E-state index in [1.54, 1.807) is 7.11 Å². The number of aromatic nitrogens is 2. The summed E-state index contributed by atoms with van der Waals surface area (Å²) in [5.74, 6) is 0.663. The molecule has 0 unspecified atom stereocenters. The summed E-state index contributed by atoms with van der Waals surface area (Å²) in [6.45, 7) is 2.08. The molecule has 17 heavy (non-hydrogen) atoms. The SMILES string of the molecule is CCc1c[nH]c(=S)n1-c1ccc(OC)c(Cl)c1. The van der Waals surface area contributed by atoms with Crippen LogP contribution in [0.4, 0.5) is 0 Å². The van der Waals surface area contributed by atoms with Crippen LogP contribution in [0.1, 0.15) is 12.6 Å². The van der Waals surface area contributed by atoms with Crippen molar-refractivity contribution in [2.45, 2.75) is 13.3 Å². The normalized spacial score (nSPS) is 10.5. The molecular formula is C12H13ClN2OS. The fraction of sp³-hybridized carbons (Fsp3) is 0.250. The van der Waals surface area contributed by atoms with Crippen molar-refractivity contribution in [1.82, 2.24) is 9.55 Å². The summed E-state index contributed by atoms with van der Waals surface area (Å²) in [6.07, 6.45) is 2.82. The minimum atomic E-state index is 0.579. The van der Waals surface area contributed by atoms with Crippen molar-refractivity contribution in [3.8, 4) is 11.4 Å². The average molecular weight is 269 g/mol. The van der Waals surface area contributed by atoms with Crippen molar-refractivity contribution in [2.24, 2.45) is 0 Å². The molecule has 3 nitrogen and oxygen atoms in total. The highest BCUT2D eigenvalue weighted by Gasteiger charge is 2.07. The van der Waals surface area contributed by atoms with Crippen molar-refractivity contribution in [3.63, 3.8) is 0 Å². The lowest BCUT2D eigenvalue weighted by atomic mass is 10.2. The molecule has 1 heterocycles. The van der Waals surface area contributed by atoms with Gasteiger partial charge in [0, 0.05) is 17.6 Å². The van der Waals surface area contributed by atoms with E-state index < -0.39 is 0 Å². The standard InChI is InChI=1S/C12H13ClN2OS/c1-3-8-7-14-12(17)15(8)9-4-5-11(16-2)10(13)6-9/h4-7H,3H2,1-2H3,(H,14,17). The summed E-state index contributed by atoms with van der Waals surface area (Å²) in [7, 11) is 1.60. The maximum atomic E-state index is 6.11. The van der Waals surface area contributed by atoms with Gasteiger partial charge in [0.15, 0.2) is 4.77 Å². The van der Waals surface area contributed by atoms with Gasteiger partial charge >= 0.3 is 0 Å². The predicted molar refractivity (Wildman–Crippen MR) is 71.9 cm³/mol. The Kier molecular flexibility index (Phi) is 3.54. The van der Waals surface area contributed by atoms with Crippen LogP contribution in [-0.2, 0) is 6.42 Å². The van der Waals surface area contributed by atoms with Gasteiger partial charge in [-0.1, -0.05) is 18.5 Å². The van der Waals surface area contributed by atoms with Crippen LogP contribution in [0.3, 0.4) is 0 Å². The highest BCUT2D eigenvalue weighted by Crippen LogP contribution is 2.27. The molecule has 2 rings (SSSR count). The molecule has 2 aromatic rings. The van der Waals surface area contributed by atoms with Gasteiger partial charge in [-0.05, 0) is 36.8 Å². The Bertz CT molecular complexity index is 588. The van der Waals surface area contributed by atoms with Crippen LogP contribution in [0.15, 0.2) is 24.4 Å². The third-order valence-electron chi connectivity index (χ3n) is 2.61. The number of imidazole rings is 1. The number of nitrogens with one attached hydrogen (secondary N) is 1. The van der Waals surface area contributed by atoms with Crippen molar-refractivity contribution in [1.29, 1.82) is 0 Å². The third kappa shape index (κ3) is 2.23. The number of benzene rings is 1. The predicted octanol–water partition coefficient (Wildman–Crippen LogP) is 3.76. The van der Waals surface area contributed by atoms with Gasteiger partial charge in [0.1, 0.15) is 5.75 Å². The number of aryl methyl sites for hydroxylation is 1.